The van der Waals surface area contributed by atoms with Crippen LogP contribution in [0.3, 0.4) is 0 Å². The zero-order valence-corrected chi connectivity index (χ0v) is 31.7. The molecule has 0 spiro atoms. The van der Waals surface area contributed by atoms with Crippen molar-refractivity contribution in [1.82, 2.24) is 34.3 Å². The summed E-state index contributed by atoms with van der Waals surface area (Å²) in [7, 11) is 4.05. The van der Waals surface area contributed by atoms with Gasteiger partial charge in [-0.2, -0.15) is 10.2 Å². The van der Waals surface area contributed by atoms with E-state index >= 15 is 0 Å². The molecule has 1 aromatic carbocycles. The predicted octanol–water partition coefficient (Wildman–Crippen LogP) is 7.41. The van der Waals surface area contributed by atoms with Crippen molar-refractivity contribution in [2.45, 2.75) is 135 Å². The Morgan fingerprint density at radius 2 is 1.67 bits per heavy atom. The van der Waals surface area contributed by atoms with E-state index in [1.165, 1.54) is 5.69 Å². The molecule has 1 saturated carbocycles. The van der Waals surface area contributed by atoms with E-state index in [0.29, 0.717) is 49.4 Å². The standard InChI is InChI=1S/C40H55F2N7O3/c1-25(50)48-19-16-36-35(24-48)37(31-9-7-8-26-20-32(27-22-43-45(5)23-27)34(38(41)42)21-33(26)31)44-49(36)30-12-10-28(11-13-30)46(6)29-14-17-47(18-15-29)39(51)52-40(2,3)4/h20-23,28-31,38H,7-19,24H2,1-6H3. The summed E-state index contributed by atoms with van der Waals surface area (Å²) in [5.74, 6) is -0.0462. The topological polar surface area (TPSA) is 88.7 Å². The number of carbonyl (C=O) groups is 2. The first-order chi connectivity index (χ1) is 24.8. The Kier molecular flexibility index (Phi) is 10.2. The minimum Gasteiger partial charge on any atom is -0.444 e. The van der Waals surface area contributed by atoms with Crippen LogP contribution < -0.4 is 0 Å². The molecule has 4 heterocycles. The van der Waals surface area contributed by atoms with Crippen molar-refractivity contribution < 1.29 is 23.1 Å². The van der Waals surface area contributed by atoms with Crippen molar-refractivity contribution in [2.75, 3.05) is 26.7 Å². The second-order valence-corrected chi connectivity index (χ2v) is 16.6. The second kappa shape index (κ2) is 14.6. The molecular formula is C40H55F2N7O3. The van der Waals surface area contributed by atoms with Gasteiger partial charge >= 0.3 is 6.09 Å². The molecule has 282 valence electrons. The summed E-state index contributed by atoms with van der Waals surface area (Å²) in [6, 6.07) is 4.87. The third-order valence-corrected chi connectivity index (χ3v) is 12.0. The van der Waals surface area contributed by atoms with Crippen molar-refractivity contribution in [2.24, 2.45) is 7.05 Å². The number of nitrogens with zero attached hydrogens (tertiary/aromatic N) is 7. The van der Waals surface area contributed by atoms with E-state index in [2.05, 4.69) is 21.7 Å². The molecule has 2 aliphatic heterocycles. The normalized spacial score (nSPS) is 22.8. The molecule has 4 aliphatic rings. The van der Waals surface area contributed by atoms with Gasteiger partial charge in [0.15, 0.2) is 0 Å². The number of aromatic nitrogens is 4. The number of benzene rings is 1. The molecule has 2 aromatic heterocycles. The number of hydrogen-bond acceptors (Lipinski definition) is 6. The number of fused-ring (bicyclic) bond motifs is 2. The van der Waals surface area contributed by atoms with Crippen molar-refractivity contribution >= 4 is 12.0 Å². The van der Waals surface area contributed by atoms with Crippen LogP contribution in [0, 0.1) is 0 Å². The molecule has 3 aromatic rings. The zero-order chi connectivity index (χ0) is 36.9. The Hall–Kier alpha value is -3.80. The SMILES string of the molecule is CC(=O)N1CCc2c(c(C3CCCc4cc(-c5cnn(C)c5)c(C(F)F)cc43)nn2C2CCC(N(C)C3CCN(C(=O)OC(C)(C)C)CC3)CC2)C1. The van der Waals surface area contributed by atoms with Gasteiger partial charge in [0.2, 0.25) is 5.91 Å². The fourth-order valence-corrected chi connectivity index (χ4v) is 9.26. The Balaban J connectivity index is 1.11. The van der Waals surface area contributed by atoms with Gasteiger partial charge in [-0.3, -0.25) is 14.2 Å². The third-order valence-electron chi connectivity index (χ3n) is 12.0. The smallest absolute Gasteiger partial charge is 0.410 e. The highest BCUT2D eigenvalue weighted by molar-refractivity contribution is 5.74. The average Bonchev–Trinajstić information content (AvgIpc) is 3.73. The summed E-state index contributed by atoms with van der Waals surface area (Å²) in [5.41, 5.74) is 6.14. The van der Waals surface area contributed by atoms with E-state index in [1.807, 2.05) is 36.6 Å². The third kappa shape index (κ3) is 7.37. The number of piperidine rings is 1. The molecule has 0 N–H and O–H groups in total. The van der Waals surface area contributed by atoms with Crippen LogP contribution in [-0.2, 0) is 36.0 Å². The predicted molar refractivity (Wildman–Crippen MR) is 195 cm³/mol. The first-order valence-electron chi connectivity index (χ1n) is 19.3. The monoisotopic (exact) mass is 719 g/mol. The first-order valence-corrected chi connectivity index (χ1v) is 19.3. The number of hydrogen-bond donors (Lipinski definition) is 0. The van der Waals surface area contributed by atoms with E-state index in [-0.39, 0.29) is 29.5 Å². The van der Waals surface area contributed by atoms with E-state index in [0.717, 1.165) is 86.6 Å². The number of carbonyl (C=O) groups excluding carboxylic acids is 2. The van der Waals surface area contributed by atoms with Crippen molar-refractivity contribution in [3.8, 4) is 11.1 Å². The van der Waals surface area contributed by atoms with Crippen LogP contribution in [0.2, 0.25) is 0 Å². The summed E-state index contributed by atoms with van der Waals surface area (Å²) >= 11 is 0. The van der Waals surface area contributed by atoms with Crippen LogP contribution in [-0.4, -0.2) is 90.6 Å². The summed E-state index contributed by atoms with van der Waals surface area (Å²) in [4.78, 5) is 31.5. The number of aryl methyl sites for hydroxylation is 2. The summed E-state index contributed by atoms with van der Waals surface area (Å²) in [6.45, 7) is 9.95. The van der Waals surface area contributed by atoms with Gasteiger partial charge in [0, 0.05) is 93.2 Å². The van der Waals surface area contributed by atoms with E-state index in [1.54, 1.807) is 37.1 Å². The Labute approximate surface area is 306 Å². The number of rotatable bonds is 6. The molecule has 0 bridgehead atoms. The first kappa shape index (κ1) is 36.6. The molecule has 1 saturated heterocycles. The van der Waals surface area contributed by atoms with Crippen molar-refractivity contribution in [3.63, 3.8) is 0 Å². The maximum Gasteiger partial charge on any atom is 0.410 e. The fourth-order valence-electron chi connectivity index (χ4n) is 9.26. The minimum atomic E-state index is -2.62. The highest BCUT2D eigenvalue weighted by Gasteiger charge is 2.38. The molecule has 10 nitrogen and oxygen atoms in total. The van der Waals surface area contributed by atoms with Gasteiger partial charge in [-0.25, -0.2) is 13.6 Å². The van der Waals surface area contributed by atoms with Gasteiger partial charge in [-0.15, -0.1) is 0 Å². The van der Waals surface area contributed by atoms with Gasteiger partial charge in [0.25, 0.3) is 6.43 Å². The molecule has 52 heavy (non-hydrogen) atoms. The molecule has 2 amide bonds. The highest BCUT2D eigenvalue weighted by atomic mass is 19.3. The number of halogens is 2. The van der Waals surface area contributed by atoms with Crippen LogP contribution in [0.15, 0.2) is 24.5 Å². The van der Waals surface area contributed by atoms with Gasteiger partial charge in [0.1, 0.15) is 5.60 Å². The molecule has 1 unspecified atom stereocenters. The summed E-state index contributed by atoms with van der Waals surface area (Å²) < 4.78 is 38.9. The summed E-state index contributed by atoms with van der Waals surface area (Å²) in [6.07, 6.45) is 10.0. The van der Waals surface area contributed by atoms with Crippen LogP contribution in [0.1, 0.15) is 131 Å². The van der Waals surface area contributed by atoms with Crippen LogP contribution in [0.4, 0.5) is 13.6 Å². The number of amides is 2. The van der Waals surface area contributed by atoms with Crippen molar-refractivity contribution in [1.29, 1.82) is 0 Å². The van der Waals surface area contributed by atoms with E-state index in [4.69, 9.17) is 9.84 Å². The second-order valence-electron chi connectivity index (χ2n) is 16.6. The molecule has 2 fully saturated rings. The highest BCUT2D eigenvalue weighted by Crippen LogP contribution is 2.45. The average molecular weight is 720 g/mol. The zero-order valence-electron chi connectivity index (χ0n) is 31.7. The van der Waals surface area contributed by atoms with Crippen LogP contribution in [0.5, 0.6) is 0 Å². The van der Waals surface area contributed by atoms with E-state index < -0.39 is 12.0 Å². The lowest BCUT2D eigenvalue weighted by molar-refractivity contribution is -0.129. The quantitative estimate of drug-likeness (QED) is 0.264. The van der Waals surface area contributed by atoms with Gasteiger partial charge in [0.05, 0.1) is 17.9 Å². The van der Waals surface area contributed by atoms with Gasteiger partial charge in [-0.1, -0.05) is 6.07 Å². The molecule has 0 radical (unpaired) electrons. The minimum absolute atomic E-state index is 0.0373. The molecule has 7 rings (SSSR count). The summed E-state index contributed by atoms with van der Waals surface area (Å²) in [5, 5.41) is 9.66. The lowest BCUT2D eigenvalue weighted by atomic mass is 9.77. The lowest BCUT2D eigenvalue weighted by Crippen LogP contribution is -2.50. The Morgan fingerprint density at radius 3 is 2.31 bits per heavy atom. The fraction of sp³-hybridized carbons (Fsp3) is 0.650. The van der Waals surface area contributed by atoms with Crippen LogP contribution >= 0.6 is 0 Å². The van der Waals surface area contributed by atoms with Crippen LogP contribution in [0.25, 0.3) is 11.1 Å². The van der Waals surface area contributed by atoms with E-state index in [9.17, 15) is 18.4 Å². The number of likely N-dealkylation sites (tertiary alicyclic amines) is 1. The van der Waals surface area contributed by atoms with Gasteiger partial charge in [-0.05, 0) is 108 Å². The lowest BCUT2D eigenvalue weighted by Gasteiger charge is -2.43. The van der Waals surface area contributed by atoms with Gasteiger partial charge < -0.3 is 19.4 Å². The molecule has 1 atom stereocenters. The number of alkyl halides is 2. The Bertz CT molecular complexity index is 1780. The molecular weight excluding hydrogens is 664 g/mol. The molecule has 2 aliphatic carbocycles. The largest absolute Gasteiger partial charge is 0.444 e. The maximum atomic E-state index is 14.7. The Morgan fingerprint density at radius 1 is 0.962 bits per heavy atom. The van der Waals surface area contributed by atoms with Crippen molar-refractivity contribution in [3.05, 3.63) is 58.2 Å². The number of ether oxygens (including phenoxy) is 1. The molecule has 12 heteroatoms. The maximum absolute atomic E-state index is 14.7.